The molecule has 0 radical (unpaired) electrons. The molecule has 8 heteroatoms. The molecular weight excluding hydrogens is 302 g/mol. The van der Waals surface area contributed by atoms with Gasteiger partial charge in [-0.1, -0.05) is 0 Å². The minimum Gasteiger partial charge on any atom is -0.507 e. The fourth-order valence-electron chi connectivity index (χ4n) is 1.36. The van der Waals surface area contributed by atoms with E-state index in [9.17, 15) is 9.90 Å². The third kappa shape index (κ3) is 9.97. The van der Waals surface area contributed by atoms with E-state index in [-0.39, 0.29) is 11.5 Å². The fraction of sp³-hybridized carbons (Fsp3) is 0.308. The summed E-state index contributed by atoms with van der Waals surface area (Å²) in [5, 5.41) is 9.62. The van der Waals surface area contributed by atoms with Gasteiger partial charge < -0.3 is 5.11 Å². The molecule has 0 atom stereocenters. The Labute approximate surface area is 125 Å². The minimum absolute atomic E-state index is 0.0143. The second kappa shape index (κ2) is 7.51. The van der Waals surface area contributed by atoms with Crippen molar-refractivity contribution in [3.05, 3.63) is 35.9 Å². The molecule has 0 saturated heterocycles. The maximum absolute atomic E-state index is 10.8. The summed E-state index contributed by atoms with van der Waals surface area (Å²) >= 11 is 0. The van der Waals surface area contributed by atoms with Gasteiger partial charge >= 0.3 is 0 Å². The van der Waals surface area contributed by atoms with Crippen molar-refractivity contribution in [2.75, 3.05) is 21.1 Å². The summed E-state index contributed by atoms with van der Waals surface area (Å²) in [4.78, 5) is 10.8. The lowest BCUT2D eigenvalue weighted by molar-refractivity contribution is -2.00. The van der Waals surface area contributed by atoms with Gasteiger partial charge in [-0.3, -0.25) is 9.28 Å². The zero-order valence-electron chi connectivity index (χ0n) is 12.2. The smallest absolute Gasteiger partial charge is 0.156 e. The Hall–Kier alpha value is -1.48. The maximum atomic E-state index is 10.8. The number of carbonyl (C=O) groups is 1. The largest absolute Gasteiger partial charge is 0.507 e. The van der Waals surface area contributed by atoms with Crippen molar-refractivity contribution in [3.8, 4) is 0 Å². The average Bonchev–Trinajstić information content (AvgIpc) is 2.24. The SMILES string of the molecule is CC(=O)C=C(O)c1ccc([N+](C)(C)C)cc1.[O-][Cl+3]([O-])([O-])[O-]. The number of ketones is 1. The number of halogens is 1. The van der Waals surface area contributed by atoms with Gasteiger partial charge in [0.05, 0.1) is 21.1 Å². The summed E-state index contributed by atoms with van der Waals surface area (Å²) in [5.74, 6) is -0.145. The topological polar surface area (TPSA) is 130 Å². The molecule has 0 bridgehead atoms. The Morgan fingerprint density at radius 2 is 1.48 bits per heavy atom. The second-order valence-corrected chi connectivity index (χ2v) is 5.83. The Bertz CT molecular complexity index is 493. The average molecular weight is 320 g/mol. The third-order valence-corrected chi connectivity index (χ3v) is 2.28. The van der Waals surface area contributed by atoms with E-state index < -0.39 is 10.2 Å². The molecule has 1 aromatic carbocycles. The van der Waals surface area contributed by atoms with Crippen LogP contribution in [-0.4, -0.2) is 32.0 Å². The maximum Gasteiger partial charge on any atom is 0.156 e. The van der Waals surface area contributed by atoms with Gasteiger partial charge in [0.15, 0.2) is 5.78 Å². The van der Waals surface area contributed by atoms with Gasteiger partial charge in [0.25, 0.3) is 0 Å². The fourth-order valence-corrected chi connectivity index (χ4v) is 1.36. The zero-order valence-corrected chi connectivity index (χ0v) is 13.0. The van der Waals surface area contributed by atoms with Crippen LogP contribution in [0.2, 0.25) is 0 Å². The lowest BCUT2D eigenvalue weighted by atomic mass is 10.1. The van der Waals surface area contributed by atoms with Crippen molar-refractivity contribution >= 4 is 17.2 Å². The first-order valence-corrected chi connectivity index (χ1v) is 6.99. The first-order valence-electron chi connectivity index (χ1n) is 5.76. The van der Waals surface area contributed by atoms with Gasteiger partial charge in [0.2, 0.25) is 0 Å². The first kappa shape index (κ1) is 19.5. The molecule has 21 heavy (non-hydrogen) atoms. The van der Waals surface area contributed by atoms with E-state index in [1.165, 1.54) is 13.0 Å². The van der Waals surface area contributed by atoms with E-state index in [4.69, 9.17) is 18.6 Å². The summed E-state index contributed by atoms with van der Waals surface area (Å²) in [6.45, 7) is 1.41. The molecule has 0 aliphatic heterocycles. The van der Waals surface area contributed by atoms with Crippen LogP contribution in [-0.2, 0) is 4.79 Å². The lowest BCUT2D eigenvalue weighted by Gasteiger charge is -2.23. The van der Waals surface area contributed by atoms with Crippen molar-refractivity contribution < 1.29 is 38.8 Å². The standard InChI is InChI=1S/C13H17NO2.ClHO4/c1-10(15)9-13(16)11-5-7-12(8-6-11)14(2,3)4;2-1(3,4)5/h5-9H,1-4H3;(H,2,3,4,5). The molecule has 1 aromatic rings. The van der Waals surface area contributed by atoms with Gasteiger partial charge in [-0.25, -0.2) is 18.6 Å². The Morgan fingerprint density at radius 1 is 1.10 bits per heavy atom. The molecule has 0 spiro atoms. The lowest BCUT2D eigenvalue weighted by Crippen LogP contribution is -2.68. The molecule has 7 nitrogen and oxygen atoms in total. The summed E-state index contributed by atoms with van der Waals surface area (Å²) in [6.07, 6.45) is 1.22. The molecule has 1 rings (SSSR count). The molecule has 0 aromatic heterocycles. The number of nitrogens with zero attached hydrogens (tertiary/aromatic N) is 1. The van der Waals surface area contributed by atoms with E-state index >= 15 is 0 Å². The second-order valence-electron chi connectivity index (χ2n) is 5.08. The quantitative estimate of drug-likeness (QED) is 0.376. The molecule has 0 fully saturated rings. The predicted octanol–water partition coefficient (Wildman–Crippen LogP) is -2.38. The van der Waals surface area contributed by atoms with Crippen LogP contribution in [0.3, 0.4) is 0 Å². The molecule has 1 N–H and O–H groups in total. The predicted molar refractivity (Wildman–Crippen MR) is 67.3 cm³/mol. The molecule has 0 heterocycles. The van der Waals surface area contributed by atoms with Crippen LogP contribution in [0.4, 0.5) is 5.69 Å². The molecule has 0 aliphatic carbocycles. The highest BCUT2D eigenvalue weighted by molar-refractivity contribution is 5.93. The van der Waals surface area contributed by atoms with Crippen LogP contribution in [0.15, 0.2) is 30.3 Å². The molecule has 0 amide bonds. The normalized spacial score (nSPS) is 12.5. The Morgan fingerprint density at radius 3 is 1.76 bits per heavy atom. The van der Waals surface area contributed by atoms with E-state index in [2.05, 4.69) is 21.1 Å². The zero-order chi connectivity index (χ0) is 16.8. The number of hydrogen-bond donors (Lipinski definition) is 1. The van der Waals surface area contributed by atoms with Crippen LogP contribution in [0, 0.1) is 10.2 Å². The van der Waals surface area contributed by atoms with Crippen LogP contribution < -0.4 is 23.1 Å². The van der Waals surface area contributed by atoms with Gasteiger partial charge in [-0.2, -0.15) is 0 Å². The summed E-state index contributed by atoms with van der Waals surface area (Å²) in [5.41, 5.74) is 1.80. The molecular formula is C13H18ClNO6. The van der Waals surface area contributed by atoms with Crippen LogP contribution >= 0.6 is 0 Å². The Kier molecular flexibility index (Phi) is 6.98. The first-order chi connectivity index (χ1) is 9.30. The van der Waals surface area contributed by atoms with Crippen molar-refractivity contribution in [3.63, 3.8) is 0 Å². The van der Waals surface area contributed by atoms with E-state index in [1.54, 1.807) is 0 Å². The third-order valence-electron chi connectivity index (χ3n) is 2.28. The minimum atomic E-state index is -4.94. The van der Waals surface area contributed by atoms with Crippen molar-refractivity contribution in [1.29, 1.82) is 0 Å². The van der Waals surface area contributed by atoms with Crippen LogP contribution in [0.5, 0.6) is 0 Å². The summed E-state index contributed by atoms with van der Waals surface area (Å²) < 4.78 is 34.7. The number of aliphatic hydroxyl groups is 1. The number of hydrogen-bond acceptors (Lipinski definition) is 6. The molecule has 0 unspecified atom stereocenters. The highest BCUT2D eigenvalue weighted by Crippen LogP contribution is 2.20. The van der Waals surface area contributed by atoms with Crippen LogP contribution in [0.1, 0.15) is 12.5 Å². The number of allylic oxidation sites excluding steroid dienone is 1. The highest BCUT2D eigenvalue weighted by atomic mass is 35.7. The summed E-state index contributed by atoms with van der Waals surface area (Å²) in [7, 11) is 1.26. The molecule has 0 saturated carbocycles. The highest BCUT2D eigenvalue weighted by Gasteiger charge is 2.11. The monoisotopic (exact) mass is 319 g/mol. The van der Waals surface area contributed by atoms with Crippen LogP contribution in [0.25, 0.3) is 5.76 Å². The number of aliphatic hydroxyl groups excluding tert-OH is 1. The van der Waals surface area contributed by atoms with E-state index in [0.717, 1.165) is 10.2 Å². The van der Waals surface area contributed by atoms with Gasteiger partial charge in [0.1, 0.15) is 11.4 Å². The van der Waals surface area contributed by atoms with E-state index in [1.807, 2.05) is 24.3 Å². The number of quaternary nitrogens is 1. The molecule has 0 aliphatic rings. The van der Waals surface area contributed by atoms with Crippen molar-refractivity contribution in [1.82, 2.24) is 4.48 Å². The van der Waals surface area contributed by atoms with E-state index in [0.29, 0.717) is 5.56 Å². The summed E-state index contributed by atoms with van der Waals surface area (Å²) in [6, 6.07) is 7.51. The number of carbonyl (C=O) groups excluding carboxylic acids is 1. The number of rotatable bonds is 3. The van der Waals surface area contributed by atoms with Crippen molar-refractivity contribution in [2.24, 2.45) is 0 Å². The Balaban J connectivity index is 0.000000690. The van der Waals surface area contributed by atoms with Gasteiger partial charge in [0, 0.05) is 11.6 Å². The number of benzene rings is 1. The van der Waals surface area contributed by atoms with Crippen molar-refractivity contribution in [2.45, 2.75) is 6.92 Å². The van der Waals surface area contributed by atoms with Gasteiger partial charge in [-0.05, 0) is 31.2 Å². The molecule has 118 valence electrons. The van der Waals surface area contributed by atoms with Gasteiger partial charge in [-0.15, -0.1) is 10.2 Å².